The molecule has 3 saturated carbocycles. The van der Waals surface area contributed by atoms with Gasteiger partial charge in [0.25, 0.3) is 0 Å². The molecule has 0 aromatic heterocycles. The van der Waals surface area contributed by atoms with Gasteiger partial charge in [-0.3, -0.25) is 0 Å². The van der Waals surface area contributed by atoms with Crippen LogP contribution in [0.5, 0.6) is 0 Å². The second kappa shape index (κ2) is 9.25. The predicted molar refractivity (Wildman–Crippen MR) is 107 cm³/mol. The summed E-state index contributed by atoms with van der Waals surface area (Å²) in [5.74, 6) is 1.98. The second-order valence-electron chi connectivity index (χ2n) is 8.94. The van der Waals surface area contributed by atoms with E-state index in [0.29, 0.717) is 17.8 Å². The van der Waals surface area contributed by atoms with E-state index < -0.39 is 14.7 Å². The zero-order valence-corrected chi connectivity index (χ0v) is 18.0. The van der Waals surface area contributed by atoms with E-state index in [-0.39, 0.29) is 18.1 Å². The molecule has 0 spiro atoms. The zero-order valence-electron chi connectivity index (χ0n) is 16.1. The first-order valence-corrected chi connectivity index (χ1v) is 15.5. The second-order valence-corrected chi connectivity index (χ2v) is 14.4. The predicted octanol–water partition coefficient (Wildman–Crippen LogP) is 4.96. The minimum absolute atomic E-state index is 0.198. The Labute approximate surface area is 159 Å². The quantitative estimate of drug-likeness (QED) is 0.355. The average molecular weight is 408 g/mol. The van der Waals surface area contributed by atoms with Crippen molar-refractivity contribution in [3.63, 3.8) is 0 Å². The number of hydrogen-bond acceptors (Lipinski definition) is 2. The molecule has 2 nitrogen and oxygen atoms in total. The maximum atomic E-state index is 10.5. The summed E-state index contributed by atoms with van der Waals surface area (Å²) in [6, 6.07) is 0. The van der Waals surface area contributed by atoms with E-state index in [9.17, 15) is 10.2 Å². The van der Waals surface area contributed by atoms with Crippen molar-refractivity contribution in [2.24, 2.45) is 23.7 Å². The van der Waals surface area contributed by atoms with Crippen LogP contribution in [0, 0.1) is 23.7 Å². The minimum atomic E-state index is -0.458. The number of aliphatic hydroxyl groups excluding tert-OH is 2. The Hall–Kier alpha value is -0.0416. The summed E-state index contributed by atoms with van der Waals surface area (Å²) in [6.07, 6.45) is 17.0. The number of rotatable bonds is 7. The Morgan fingerprint density at radius 2 is 1.96 bits per heavy atom. The Balaban J connectivity index is 1.52. The summed E-state index contributed by atoms with van der Waals surface area (Å²) in [6.45, 7) is 0. The number of allylic oxidation sites excluding steroid dienone is 2. The normalized spacial score (nSPS) is 36.1. The molecular formula is C22H37AsO2. The van der Waals surface area contributed by atoms with Gasteiger partial charge in [0.05, 0.1) is 0 Å². The Kier molecular flexibility index (Phi) is 7.29. The molecule has 3 aliphatic rings. The zero-order chi connectivity index (χ0) is 17.8. The van der Waals surface area contributed by atoms with Crippen LogP contribution in [0.2, 0.25) is 16.6 Å². The third kappa shape index (κ3) is 5.24. The standard InChI is InChI=1S/C22H37AsO2/c1-23(2)12-6-5-7-16-13-18-15-22(25)19(20(18)14-16)10-11-21(24)17-8-3-4-9-17/h7,10-11,17-22,24-25H,3-6,8-9,12-15H2,1-2H3/b11-10+,16-7+/t18-,19+,20-,21+,22+/m0/s1. The molecule has 0 heterocycles. The molecule has 2 N–H and O–H groups in total. The fourth-order valence-electron chi connectivity index (χ4n) is 5.35. The number of unbranched alkanes of at least 4 members (excludes halogenated alkanes) is 1. The molecule has 3 heteroatoms. The molecule has 0 aliphatic heterocycles. The van der Waals surface area contributed by atoms with Crippen molar-refractivity contribution in [2.45, 2.75) is 86.6 Å². The monoisotopic (exact) mass is 408 g/mol. The molecule has 3 rings (SSSR count). The van der Waals surface area contributed by atoms with E-state index in [0.717, 1.165) is 19.3 Å². The van der Waals surface area contributed by atoms with Crippen LogP contribution < -0.4 is 0 Å². The molecule has 0 radical (unpaired) electrons. The van der Waals surface area contributed by atoms with Crippen LogP contribution in [0.1, 0.15) is 57.8 Å². The van der Waals surface area contributed by atoms with E-state index in [2.05, 4.69) is 23.6 Å². The van der Waals surface area contributed by atoms with Gasteiger partial charge in [0.2, 0.25) is 0 Å². The Morgan fingerprint density at radius 1 is 1.20 bits per heavy atom. The first-order chi connectivity index (χ1) is 12.0. The molecule has 0 amide bonds. The van der Waals surface area contributed by atoms with Crippen LogP contribution in [-0.2, 0) is 0 Å². The summed E-state index contributed by atoms with van der Waals surface area (Å²) in [5.41, 5.74) is 6.53. The van der Waals surface area contributed by atoms with Crippen LogP contribution >= 0.6 is 0 Å². The van der Waals surface area contributed by atoms with E-state index in [1.165, 1.54) is 43.7 Å². The van der Waals surface area contributed by atoms with Crippen molar-refractivity contribution in [3.05, 3.63) is 23.8 Å². The van der Waals surface area contributed by atoms with Gasteiger partial charge in [0.15, 0.2) is 0 Å². The number of fused-ring (bicyclic) bond motifs is 1. The molecule has 0 aromatic carbocycles. The third-order valence-corrected chi connectivity index (χ3v) is 9.31. The molecule has 0 unspecified atom stereocenters. The number of hydrogen-bond donors (Lipinski definition) is 2. The molecule has 0 saturated heterocycles. The van der Waals surface area contributed by atoms with Crippen LogP contribution in [0.3, 0.4) is 0 Å². The van der Waals surface area contributed by atoms with E-state index in [1.54, 1.807) is 5.57 Å². The van der Waals surface area contributed by atoms with E-state index in [1.807, 2.05) is 6.08 Å². The summed E-state index contributed by atoms with van der Waals surface area (Å²) in [4.78, 5) is 0. The molecule has 0 aromatic rings. The first kappa shape index (κ1) is 19.7. The van der Waals surface area contributed by atoms with Gasteiger partial charge < -0.3 is 0 Å². The summed E-state index contributed by atoms with van der Waals surface area (Å²) >= 11 is -0.458. The van der Waals surface area contributed by atoms with E-state index in [4.69, 9.17) is 0 Å². The Bertz CT molecular complexity index is 478. The fraction of sp³-hybridized carbons (Fsp3) is 0.818. The van der Waals surface area contributed by atoms with Crippen LogP contribution in [-0.4, -0.2) is 37.1 Å². The molecule has 3 fully saturated rings. The first-order valence-electron chi connectivity index (χ1n) is 10.4. The Morgan fingerprint density at radius 3 is 2.68 bits per heavy atom. The maximum absolute atomic E-state index is 10.5. The van der Waals surface area contributed by atoms with Gasteiger partial charge in [-0.1, -0.05) is 12.8 Å². The van der Waals surface area contributed by atoms with Crippen molar-refractivity contribution in [3.8, 4) is 0 Å². The topological polar surface area (TPSA) is 40.5 Å². The molecule has 142 valence electrons. The molecule has 25 heavy (non-hydrogen) atoms. The fourth-order valence-corrected chi connectivity index (χ4v) is 7.06. The van der Waals surface area contributed by atoms with Crippen molar-refractivity contribution in [1.82, 2.24) is 0 Å². The van der Waals surface area contributed by atoms with Crippen molar-refractivity contribution in [1.29, 1.82) is 0 Å². The molecular weight excluding hydrogens is 371 g/mol. The SMILES string of the molecule is C[As](C)CCC/C=C1\C[C@H]2C[C@@H](O)[C@H](/C=C/[C@@H](O)C3CCCC3)[C@H]2C1. The third-order valence-electron chi connectivity index (χ3n) is 6.77. The average Bonchev–Trinajstić information content (AvgIpc) is 3.26. The van der Waals surface area contributed by atoms with Gasteiger partial charge >= 0.3 is 133 Å². The van der Waals surface area contributed by atoms with Gasteiger partial charge in [-0.2, -0.15) is 0 Å². The van der Waals surface area contributed by atoms with Gasteiger partial charge in [-0.05, 0) is 12.8 Å². The molecule has 3 aliphatic carbocycles. The molecule has 0 bridgehead atoms. The summed E-state index contributed by atoms with van der Waals surface area (Å²) < 4.78 is 0. The van der Waals surface area contributed by atoms with Gasteiger partial charge in [-0.15, -0.1) is 0 Å². The van der Waals surface area contributed by atoms with Crippen LogP contribution in [0.4, 0.5) is 0 Å². The van der Waals surface area contributed by atoms with Crippen molar-refractivity contribution >= 4 is 14.7 Å². The van der Waals surface area contributed by atoms with Gasteiger partial charge in [0.1, 0.15) is 0 Å². The van der Waals surface area contributed by atoms with Crippen molar-refractivity contribution in [2.75, 3.05) is 0 Å². The van der Waals surface area contributed by atoms with Crippen LogP contribution in [0.25, 0.3) is 0 Å². The summed E-state index contributed by atoms with van der Waals surface area (Å²) in [7, 11) is 0. The number of aliphatic hydroxyl groups is 2. The molecule has 5 atom stereocenters. The van der Waals surface area contributed by atoms with Gasteiger partial charge in [-0.25, -0.2) is 0 Å². The van der Waals surface area contributed by atoms with Crippen molar-refractivity contribution < 1.29 is 10.2 Å². The van der Waals surface area contributed by atoms with E-state index >= 15 is 0 Å². The summed E-state index contributed by atoms with van der Waals surface area (Å²) in [5, 5.41) is 22.4. The van der Waals surface area contributed by atoms with Gasteiger partial charge in [0, 0.05) is 0 Å². The van der Waals surface area contributed by atoms with Crippen LogP contribution in [0.15, 0.2) is 23.8 Å².